The van der Waals surface area contributed by atoms with E-state index >= 15 is 0 Å². The number of aryl methyl sites for hydroxylation is 1. The molecular formula is C15H21BrOS. The Labute approximate surface area is 122 Å². The van der Waals surface area contributed by atoms with Gasteiger partial charge in [-0.3, -0.25) is 0 Å². The Morgan fingerprint density at radius 3 is 2.61 bits per heavy atom. The number of thioether (sulfide) groups is 1. The molecular weight excluding hydrogens is 308 g/mol. The van der Waals surface area contributed by atoms with Crippen molar-refractivity contribution in [2.75, 3.05) is 0 Å². The van der Waals surface area contributed by atoms with Gasteiger partial charge >= 0.3 is 0 Å². The highest BCUT2D eigenvalue weighted by Crippen LogP contribution is 2.36. The summed E-state index contributed by atoms with van der Waals surface area (Å²) in [6.45, 7) is 2.10. The maximum atomic E-state index is 10.2. The predicted octanol–water partition coefficient (Wildman–Crippen LogP) is 4.93. The van der Waals surface area contributed by atoms with Crippen LogP contribution in [0.3, 0.4) is 0 Å². The molecule has 0 saturated heterocycles. The van der Waals surface area contributed by atoms with Gasteiger partial charge in [-0.2, -0.15) is 0 Å². The summed E-state index contributed by atoms with van der Waals surface area (Å²) in [5, 5.41) is 10.6. The second kappa shape index (κ2) is 6.97. The molecule has 0 spiro atoms. The van der Waals surface area contributed by atoms with Crippen LogP contribution in [-0.4, -0.2) is 16.5 Å². The molecule has 0 heterocycles. The maximum Gasteiger partial charge on any atom is 0.0662 e. The summed E-state index contributed by atoms with van der Waals surface area (Å²) >= 11 is 5.46. The second-order valence-corrected chi connectivity index (χ2v) is 7.28. The van der Waals surface area contributed by atoms with Crippen LogP contribution < -0.4 is 0 Å². The molecule has 0 aliphatic heterocycles. The van der Waals surface area contributed by atoms with E-state index in [9.17, 15) is 5.11 Å². The third-order valence-corrected chi connectivity index (χ3v) is 5.91. The number of rotatable bonds is 2. The Kier molecular flexibility index (Phi) is 5.58. The minimum Gasteiger partial charge on any atom is -0.392 e. The van der Waals surface area contributed by atoms with E-state index in [4.69, 9.17) is 0 Å². The van der Waals surface area contributed by atoms with E-state index in [0.29, 0.717) is 5.25 Å². The van der Waals surface area contributed by atoms with Gasteiger partial charge in [-0.15, -0.1) is 11.8 Å². The minimum absolute atomic E-state index is 0.150. The summed E-state index contributed by atoms with van der Waals surface area (Å²) in [6, 6.07) is 6.45. The van der Waals surface area contributed by atoms with Crippen LogP contribution in [0.5, 0.6) is 0 Å². The second-order valence-electron chi connectivity index (χ2n) is 5.15. The first-order valence-electron chi connectivity index (χ1n) is 6.77. The molecule has 0 aromatic heterocycles. The SMILES string of the molecule is Cc1ccc(SC2CCCCCCC2O)c(Br)c1. The molecule has 2 unspecified atom stereocenters. The summed E-state index contributed by atoms with van der Waals surface area (Å²) in [4.78, 5) is 1.25. The zero-order chi connectivity index (χ0) is 13.0. The molecule has 2 rings (SSSR count). The van der Waals surface area contributed by atoms with Crippen LogP contribution in [0.4, 0.5) is 0 Å². The van der Waals surface area contributed by atoms with Crippen LogP contribution in [0, 0.1) is 6.92 Å². The first-order chi connectivity index (χ1) is 8.66. The fraction of sp³-hybridized carbons (Fsp3) is 0.600. The summed E-state index contributed by atoms with van der Waals surface area (Å²) in [5.41, 5.74) is 1.27. The predicted molar refractivity (Wildman–Crippen MR) is 82.2 cm³/mol. The fourth-order valence-electron chi connectivity index (χ4n) is 2.43. The van der Waals surface area contributed by atoms with Crippen LogP contribution in [-0.2, 0) is 0 Å². The third kappa shape index (κ3) is 4.01. The van der Waals surface area contributed by atoms with Crippen LogP contribution >= 0.6 is 27.7 Å². The Morgan fingerprint density at radius 2 is 1.89 bits per heavy atom. The highest BCUT2D eigenvalue weighted by atomic mass is 79.9. The Bertz CT molecular complexity index is 394. The number of aliphatic hydroxyl groups is 1. The zero-order valence-corrected chi connectivity index (χ0v) is 13.3. The number of benzene rings is 1. The molecule has 100 valence electrons. The van der Waals surface area contributed by atoms with Crippen molar-refractivity contribution in [3.05, 3.63) is 28.2 Å². The van der Waals surface area contributed by atoms with Gasteiger partial charge in [0.05, 0.1) is 6.10 Å². The van der Waals surface area contributed by atoms with Gasteiger partial charge < -0.3 is 5.11 Å². The van der Waals surface area contributed by atoms with Crippen molar-refractivity contribution in [2.24, 2.45) is 0 Å². The van der Waals surface area contributed by atoms with E-state index in [1.165, 1.54) is 36.1 Å². The zero-order valence-electron chi connectivity index (χ0n) is 10.9. The van der Waals surface area contributed by atoms with Gasteiger partial charge in [0.1, 0.15) is 0 Å². The molecule has 1 aliphatic carbocycles. The molecule has 18 heavy (non-hydrogen) atoms. The molecule has 1 nitrogen and oxygen atoms in total. The average Bonchev–Trinajstić information content (AvgIpc) is 2.31. The first kappa shape index (κ1) is 14.4. The lowest BCUT2D eigenvalue weighted by atomic mass is 9.98. The molecule has 1 aromatic rings. The molecule has 3 heteroatoms. The smallest absolute Gasteiger partial charge is 0.0662 e. The van der Waals surface area contributed by atoms with Crippen LogP contribution in [0.2, 0.25) is 0 Å². The minimum atomic E-state index is -0.150. The van der Waals surface area contributed by atoms with E-state index in [1.807, 2.05) is 11.8 Å². The molecule has 2 atom stereocenters. The van der Waals surface area contributed by atoms with Gasteiger partial charge in [-0.05, 0) is 53.4 Å². The normalized spacial score (nSPS) is 25.5. The van der Waals surface area contributed by atoms with Crippen LogP contribution in [0.25, 0.3) is 0 Å². The summed E-state index contributed by atoms with van der Waals surface area (Å²) in [5.74, 6) is 0. The quantitative estimate of drug-likeness (QED) is 0.830. The molecule has 0 amide bonds. The largest absolute Gasteiger partial charge is 0.392 e. The van der Waals surface area contributed by atoms with E-state index in [0.717, 1.165) is 17.3 Å². The molecule has 1 fully saturated rings. The highest BCUT2D eigenvalue weighted by molar-refractivity contribution is 9.10. The van der Waals surface area contributed by atoms with Gasteiger partial charge in [0.15, 0.2) is 0 Å². The number of hydrogen-bond donors (Lipinski definition) is 1. The van der Waals surface area contributed by atoms with E-state index in [2.05, 4.69) is 41.1 Å². The lowest BCUT2D eigenvalue weighted by Gasteiger charge is -2.25. The molecule has 0 bridgehead atoms. The maximum absolute atomic E-state index is 10.2. The Morgan fingerprint density at radius 1 is 1.17 bits per heavy atom. The van der Waals surface area contributed by atoms with E-state index in [1.54, 1.807) is 0 Å². The van der Waals surface area contributed by atoms with E-state index < -0.39 is 0 Å². The molecule has 1 aromatic carbocycles. The summed E-state index contributed by atoms with van der Waals surface area (Å²) < 4.78 is 1.15. The van der Waals surface area contributed by atoms with Crippen molar-refractivity contribution in [3.63, 3.8) is 0 Å². The fourth-order valence-corrected chi connectivity index (χ4v) is 4.43. The standard InChI is InChI=1S/C15H21BrOS/c1-11-8-9-14(12(16)10-11)18-15-7-5-3-2-4-6-13(15)17/h8-10,13,15,17H,2-7H2,1H3. The van der Waals surface area contributed by atoms with Crippen LogP contribution in [0.1, 0.15) is 44.1 Å². The van der Waals surface area contributed by atoms with Gasteiger partial charge in [0.2, 0.25) is 0 Å². The number of halogens is 1. The highest BCUT2D eigenvalue weighted by Gasteiger charge is 2.22. The van der Waals surface area contributed by atoms with E-state index in [-0.39, 0.29) is 6.10 Å². The monoisotopic (exact) mass is 328 g/mol. The Balaban J connectivity index is 2.05. The van der Waals surface area contributed by atoms with Crippen molar-refractivity contribution >= 4 is 27.7 Å². The summed E-state index contributed by atoms with van der Waals surface area (Å²) in [6.07, 6.45) is 6.96. The van der Waals surface area contributed by atoms with Crippen molar-refractivity contribution in [3.8, 4) is 0 Å². The number of hydrogen-bond acceptors (Lipinski definition) is 2. The lowest BCUT2D eigenvalue weighted by molar-refractivity contribution is 0.148. The van der Waals surface area contributed by atoms with Gasteiger partial charge in [0, 0.05) is 14.6 Å². The molecule has 1 N–H and O–H groups in total. The number of aliphatic hydroxyl groups excluding tert-OH is 1. The van der Waals surface area contributed by atoms with Crippen LogP contribution in [0.15, 0.2) is 27.6 Å². The van der Waals surface area contributed by atoms with Crippen molar-refractivity contribution in [1.82, 2.24) is 0 Å². The van der Waals surface area contributed by atoms with Gasteiger partial charge in [0.25, 0.3) is 0 Å². The first-order valence-corrected chi connectivity index (χ1v) is 8.45. The Hall–Kier alpha value is 0.01000. The lowest BCUT2D eigenvalue weighted by Crippen LogP contribution is -2.24. The topological polar surface area (TPSA) is 20.2 Å². The third-order valence-electron chi connectivity index (χ3n) is 3.53. The van der Waals surface area contributed by atoms with Crippen molar-refractivity contribution in [2.45, 2.75) is 61.7 Å². The molecule has 0 radical (unpaired) electrons. The van der Waals surface area contributed by atoms with Gasteiger partial charge in [-0.25, -0.2) is 0 Å². The summed E-state index contributed by atoms with van der Waals surface area (Å²) in [7, 11) is 0. The van der Waals surface area contributed by atoms with Crippen molar-refractivity contribution in [1.29, 1.82) is 0 Å². The van der Waals surface area contributed by atoms with Crippen molar-refractivity contribution < 1.29 is 5.11 Å². The average molecular weight is 329 g/mol. The molecule has 1 aliphatic rings. The molecule has 1 saturated carbocycles. The van der Waals surface area contributed by atoms with Gasteiger partial charge in [-0.1, -0.05) is 31.7 Å².